The molecular weight excluding hydrogens is 354 g/mol. The Kier molecular flexibility index (Phi) is 4.34. The summed E-state index contributed by atoms with van der Waals surface area (Å²) in [5.74, 6) is -0.710. The normalized spacial score (nSPS) is 22.4. The first-order chi connectivity index (χ1) is 8.85. The van der Waals surface area contributed by atoms with Gasteiger partial charge in [0.2, 0.25) is 10.0 Å². The lowest BCUT2D eigenvalue weighted by atomic mass is 10.2. The second-order valence-corrected chi connectivity index (χ2v) is 8.62. The number of carboxylic acid groups (broad SMARTS) is 1. The van der Waals surface area contributed by atoms with Crippen LogP contribution in [0.2, 0.25) is 0 Å². The monoisotopic (exact) mass is 367 g/mol. The lowest BCUT2D eigenvalue weighted by molar-refractivity contribution is 0.0702. The summed E-state index contributed by atoms with van der Waals surface area (Å²) in [7, 11) is -3.64. The molecule has 1 aliphatic rings. The molecule has 1 aromatic heterocycles. The largest absolute Gasteiger partial charge is 0.477 e. The molecule has 2 atom stereocenters. The Morgan fingerprint density at radius 1 is 1.63 bits per heavy atom. The van der Waals surface area contributed by atoms with Gasteiger partial charge in [0, 0.05) is 6.04 Å². The summed E-state index contributed by atoms with van der Waals surface area (Å²) in [4.78, 5) is 10.9. The molecule has 8 heteroatoms. The molecule has 2 rings (SSSR count). The number of thiophene rings is 1. The van der Waals surface area contributed by atoms with Crippen LogP contribution in [0.15, 0.2) is 14.7 Å². The fourth-order valence-corrected chi connectivity index (χ4v) is 5.71. The van der Waals surface area contributed by atoms with Gasteiger partial charge in [0.05, 0.1) is 3.79 Å². The van der Waals surface area contributed by atoms with E-state index in [4.69, 9.17) is 5.11 Å². The average Bonchev–Trinajstić information content (AvgIpc) is 2.87. The zero-order valence-corrected chi connectivity index (χ0v) is 13.4. The van der Waals surface area contributed by atoms with Crippen molar-refractivity contribution < 1.29 is 18.3 Å². The van der Waals surface area contributed by atoms with Crippen LogP contribution in [0, 0.1) is 5.92 Å². The van der Waals surface area contributed by atoms with Crippen molar-refractivity contribution >= 4 is 43.3 Å². The van der Waals surface area contributed by atoms with E-state index in [-0.39, 0.29) is 15.8 Å². The summed E-state index contributed by atoms with van der Waals surface area (Å²) in [6.45, 7) is 2.07. The van der Waals surface area contributed by atoms with Crippen molar-refractivity contribution in [1.29, 1.82) is 0 Å². The Bertz CT molecular complexity index is 596. The van der Waals surface area contributed by atoms with Crippen LogP contribution in [0.5, 0.6) is 0 Å². The van der Waals surface area contributed by atoms with Crippen molar-refractivity contribution in [2.75, 3.05) is 0 Å². The van der Waals surface area contributed by atoms with E-state index in [2.05, 4.69) is 27.6 Å². The molecule has 0 saturated heterocycles. The number of carboxylic acids is 1. The van der Waals surface area contributed by atoms with Crippen molar-refractivity contribution in [3.63, 3.8) is 0 Å². The van der Waals surface area contributed by atoms with E-state index < -0.39 is 16.0 Å². The molecule has 0 amide bonds. The zero-order chi connectivity index (χ0) is 14.2. The van der Waals surface area contributed by atoms with Crippen molar-refractivity contribution in [3.8, 4) is 0 Å². The number of aromatic carboxylic acids is 1. The minimum atomic E-state index is -3.64. The molecular formula is C11H14BrNO4S2. The third-order valence-electron chi connectivity index (χ3n) is 3.04. The molecule has 19 heavy (non-hydrogen) atoms. The standard InChI is InChI=1S/C11H14BrNO4S2/c1-2-3-6-4-7(6)13-19(16,17)9-5-8(11(14)15)18-10(9)12/h5-7,13H,2-4H2,1H3,(H,14,15). The number of halogens is 1. The molecule has 1 fully saturated rings. The zero-order valence-electron chi connectivity index (χ0n) is 10.2. The lowest BCUT2D eigenvalue weighted by Gasteiger charge is -2.04. The van der Waals surface area contributed by atoms with Gasteiger partial charge in [-0.3, -0.25) is 0 Å². The second kappa shape index (κ2) is 5.51. The van der Waals surface area contributed by atoms with Crippen LogP contribution in [-0.2, 0) is 10.0 Å². The van der Waals surface area contributed by atoms with E-state index in [1.807, 2.05) is 0 Å². The molecule has 0 aliphatic heterocycles. The maximum atomic E-state index is 12.2. The van der Waals surface area contributed by atoms with Crippen LogP contribution < -0.4 is 4.72 Å². The molecule has 1 aliphatic carbocycles. The Labute approximate surface area is 124 Å². The van der Waals surface area contributed by atoms with E-state index in [1.54, 1.807) is 0 Å². The minimum Gasteiger partial charge on any atom is -0.477 e. The Morgan fingerprint density at radius 2 is 2.32 bits per heavy atom. The number of hydrogen-bond acceptors (Lipinski definition) is 4. The fourth-order valence-electron chi connectivity index (χ4n) is 1.99. The summed E-state index contributed by atoms with van der Waals surface area (Å²) in [6.07, 6.45) is 2.91. The van der Waals surface area contributed by atoms with Gasteiger partial charge in [0.1, 0.15) is 9.77 Å². The van der Waals surface area contributed by atoms with Crippen molar-refractivity contribution in [3.05, 3.63) is 14.7 Å². The summed E-state index contributed by atoms with van der Waals surface area (Å²) in [6, 6.07) is 1.18. The molecule has 2 unspecified atom stereocenters. The smallest absolute Gasteiger partial charge is 0.345 e. The first kappa shape index (κ1) is 15.0. The predicted octanol–water partition coefficient (Wildman–Crippen LogP) is 2.68. The number of sulfonamides is 1. The van der Waals surface area contributed by atoms with E-state index in [9.17, 15) is 13.2 Å². The van der Waals surface area contributed by atoms with Gasteiger partial charge in [-0.2, -0.15) is 0 Å². The van der Waals surface area contributed by atoms with Crippen LogP contribution >= 0.6 is 27.3 Å². The van der Waals surface area contributed by atoms with E-state index >= 15 is 0 Å². The number of rotatable bonds is 6. The molecule has 106 valence electrons. The van der Waals surface area contributed by atoms with Crippen LogP contribution in [-0.4, -0.2) is 25.5 Å². The number of carbonyl (C=O) groups is 1. The SMILES string of the molecule is CCCC1CC1NS(=O)(=O)c1cc(C(=O)O)sc1Br. The Balaban J connectivity index is 2.14. The van der Waals surface area contributed by atoms with E-state index in [1.165, 1.54) is 6.07 Å². The molecule has 1 aromatic rings. The lowest BCUT2D eigenvalue weighted by Crippen LogP contribution is -2.27. The van der Waals surface area contributed by atoms with Gasteiger partial charge in [-0.15, -0.1) is 11.3 Å². The molecule has 0 bridgehead atoms. The summed E-state index contributed by atoms with van der Waals surface area (Å²) < 4.78 is 27.3. The highest BCUT2D eigenvalue weighted by Gasteiger charge is 2.40. The van der Waals surface area contributed by atoms with Crippen molar-refractivity contribution in [2.45, 2.75) is 37.1 Å². The average molecular weight is 368 g/mol. The molecule has 5 nitrogen and oxygen atoms in total. The highest BCUT2D eigenvalue weighted by molar-refractivity contribution is 9.11. The highest BCUT2D eigenvalue weighted by Crippen LogP contribution is 2.37. The topological polar surface area (TPSA) is 83.5 Å². The third kappa shape index (κ3) is 3.36. The number of nitrogens with one attached hydrogen (secondary N) is 1. The van der Waals surface area contributed by atoms with Gasteiger partial charge in [-0.1, -0.05) is 13.3 Å². The highest BCUT2D eigenvalue weighted by atomic mass is 79.9. The maximum absolute atomic E-state index is 12.2. The molecule has 1 saturated carbocycles. The van der Waals surface area contributed by atoms with Gasteiger partial charge >= 0.3 is 5.97 Å². The van der Waals surface area contributed by atoms with E-state index in [0.717, 1.165) is 30.6 Å². The van der Waals surface area contributed by atoms with Crippen LogP contribution in [0.1, 0.15) is 35.9 Å². The van der Waals surface area contributed by atoms with Gasteiger partial charge < -0.3 is 5.11 Å². The summed E-state index contributed by atoms with van der Waals surface area (Å²) >= 11 is 4.02. The quantitative estimate of drug-likeness (QED) is 0.809. The van der Waals surface area contributed by atoms with Gasteiger partial charge in [0.25, 0.3) is 0 Å². The Hall–Kier alpha value is -0.440. The van der Waals surface area contributed by atoms with Crippen molar-refractivity contribution in [1.82, 2.24) is 4.72 Å². The maximum Gasteiger partial charge on any atom is 0.345 e. The summed E-state index contributed by atoms with van der Waals surface area (Å²) in [5, 5.41) is 8.87. The third-order valence-corrected chi connectivity index (χ3v) is 6.77. The van der Waals surface area contributed by atoms with Gasteiger partial charge in [-0.25, -0.2) is 17.9 Å². The fraction of sp³-hybridized carbons (Fsp3) is 0.545. The first-order valence-electron chi connectivity index (χ1n) is 5.90. The molecule has 0 radical (unpaired) electrons. The minimum absolute atomic E-state index is 0.00755. The van der Waals surface area contributed by atoms with E-state index in [0.29, 0.717) is 9.70 Å². The van der Waals surface area contributed by atoms with Crippen LogP contribution in [0.4, 0.5) is 0 Å². The van der Waals surface area contributed by atoms with Gasteiger partial charge in [0.15, 0.2) is 0 Å². The van der Waals surface area contributed by atoms with Crippen molar-refractivity contribution in [2.24, 2.45) is 5.92 Å². The number of hydrogen-bond donors (Lipinski definition) is 2. The van der Waals surface area contributed by atoms with Crippen LogP contribution in [0.25, 0.3) is 0 Å². The molecule has 1 heterocycles. The molecule has 2 N–H and O–H groups in total. The predicted molar refractivity (Wildman–Crippen MR) is 76.1 cm³/mol. The van der Waals surface area contributed by atoms with Gasteiger partial charge in [-0.05, 0) is 40.8 Å². The summed E-state index contributed by atoms with van der Waals surface area (Å²) in [5.41, 5.74) is 0. The molecule has 0 spiro atoms. The van der Waals surface area contributed by atoms with Crippen LogP contribution in [0.3, 0.4) is 0 Å². The first-order valence-corrected chi connectivity index (χ1v) is 8.99. The molecule has 0 aromatic carbocycles. The second-order valence-electron chi connectivity index (χ2n) is 4.57. The Morgan fingerprint density at radius 3 is 2.84 bits per heavy atom.